The average molecular weight is 384 g/mol. The van der Waals surface area contributed by atoms with E-state index < -0.39 is 0 Å². The van der Waals surface area contributed by atoms with Gasteiger partial charge in [0.25, 0.3) is 0 Å². The zero-order valence-electron chi connectivity index (χ0n) is 15.6. The third kappa shape index (κ3) is 3.90. The van der Waals surface area contributed by atoms with E-state index in [0.29, 0.717) is 19.0 Å². The Bertz CT molecular complexity index is 798. The highest BCUT2D eigenvalue weighted by Gasteiger charge is 2.58. The van der Waals surface area contributed by atoms with Crippen LogP contribution in [0.15, 0.2) is 41.4 Å². The Morgan fingerprint density at radius 2 is 1.96 bits per heavy atom. The van der Waals surface area contributed by atoms with Gasteiger partial charge in [-0.05, 0) is 64.8 Å². The fraction of sp³-hybridized carbons (Fsp3) is 0.476. The number of hydrogen-bond donors (Lipinski definition) is 0. The van der Waals surface area contributed by atoms with Gasteiger partial charge in [0.05, 0.1) is 6.42 Å². The largest absolute Gasteiger partial charge is 0.342 e. The summed E-state index contributed by atoms with van der Waals surface area (Å²) in [5.74, 6) is 0.342. The van der Waals surface area contributed by atoms with Crippen LogP contribution >= 0.6 is 11.3 Å². The quantitative estimate of drug-likeness (QED) is 0.797. The minimum atomic E-state index is 0.152. The van der Waals surface area contributed by atoms with Crippen LogP contribution < -0.4 is 0 Å². The summed E-state index contributed by atoms with van der Waals surface area (Å²) in [5, 5.41) is 4.18. The first-order valence-electron chi connectivity index (χ1n) is 9.52. The molecule has 0 bridgehead atoms. The number of likely N-dealkylation sites (tertiary alicyclic amines) is 1. The number of amides is 2. The lowest BCUT2D eigenvalue weighted by atomic mass is 9.92. The molecule has 1 aliphatic heterocycles. The maximum absolute atomic E-state index is 12.6. The van der Waals surface area contributed by atoms with Crippen LogP contribution in [0.5, 0.6) is 0 Å². The summed E-state index contributed by atoms with van der Waals surface area (Å²) >= 11 is 1.67. The maximum atomic E-state index is 12.6. The number of carbonyl (C=O) groups is 2. The summed E-state index contributed by atoms with van der Waals surface area (Å²) in [6.07, 6.45) is 6.96. The van der Waals surface area contributed by atoms with Crippen molar-refractivity contribution in [1.29, 1.82) is 0 Å². The van der Waals surface area contributed by atoms with Gasteiger partial charge < -0.3 is 9.80 Å². The van der Waals surface area contributed by atoms with Gasteiger partial charge in [-0.25, -0.2) is 0 Å². The zero-order chi connectivity index (χ0) is 18.9. The number of hydrogen-bond acceptors (Lipinski definition) is 4. The number of nitrogens with zero attached hydrogens (tertiary/aromatic N) is 3. The van der Waals surface area contributed by atoms with Crippen molar-refractivity contribution in [3.8, 4) is 0 Å². The van der Waals surface area contributed by atoms with Crippen LogP contribution in [0, 0.1) is 5.41 Å². The van der Waals surface area contributed by atoms with Crippen LogP contribution in [-0.4, -0.2) is 45.7 Å². The van der Waals surface area contributed by atoms with Gasteiger partial charge in [-0.2, -0.15) is 11.3 Å². The summed E-state index contributed by atoms with van der Waals surface area (Å²) in [6, 6.07) is 6.22. The lowest BCUT2D eigenvalue weighted by Crippen LogP contribution is -2.43. The van der Waals surface area contributed by atoms with E-state index in [0.717, 1.165) is 37.9 Å². The van der Waals surface area contributed by atoms with E-state index in [1.54, 1.807) is 30.7 Å². The summed E-state index contributed by atoms with van der Waals surface area (Å²) < 4.78 is 0. The predicted octanol–water partition coefficient (Wildman–Crippen LogP) is 3.12. The van der Waals surface area contributed by atoms with Crippen LogP contribution in [0.2, 0.25) is 0 Å². The molecule has 0 aromatic carbocycles. The first kappa shape index (κ1) is 18.2. The van der Waals surface area contributed by atoms with E-state index in [1.807, 2.05) is 21.9 Å². The Labute approximate surface area is 164 Å². The first-order valence-corrected chi connectivity index (χ1v) is 10.5. The second-order valence-electron chi connectivity index (χ2n) is 7.77. The molecule has 4 rings (SSSR count). The highest BCUT2D eigenvalue weighted by atomic mass is 32.1. The second-order valence-corrected chi connectivity index (χ2v) is 8.55. The Hall–Kier alpha value is -2.21. The predicted molar refractivity (Wildman–Crippen MR) is 105 cm³/mol. The fourth-order valence-corrected chi connectivity index (χ4v) is 4.97. The molecule has 1 atom stereocenters. The standard InChI is InChI=1S/C21H25N3O2S/c1-16(25)24(14-18-4-11-27-15-18)19-13-21(19)5-9-23(10-6-21)20(26)12-17-2-7-22-8-3-17/h2-4,7-8,11,15,19H,5-6,9-10,12-14H2,1H3/t19-/m1/s1. The van der Waals surface area contributed by atoms with Crippen LogP contribution in [0.25, 0.3) is 0 Å². The summed E-state index contributed by atoms with van der Waals surface area (Å²) in [5.41, 5.74) is 2.44. The molecule has 2 fully saturated rings. The maximum Gasteiger partial charge on any atom is 0.226 e. The van der Waals surface area contributed by atoms with Gasteiger partial charge in [0.15, 0.2) is 0 Å². The highest BCUT2D eigenvalue weighted by Crippen LogP contribution is 2.57. The van der Waals surface area contributed by atoms with Gasteiger partial charge in [-0.15, -0.1) is 0 Å². The normalized spacial score (nSPS) is 20.5. The average Bonchev–Trinajstić information content (AvgIpc) is 3.10. The number of thiophene rings is 1. The molecule has 2 amide bonds. The highest BCUT2D eigenvalue weighted by molar-refractivity contribution is 7.07. The summed E-state index contributed by atoms with van der Waals surface area (Å²) in [4.78, 5) is 32.8. The van der Waals surface area contributed by atoms with Gasteiger partial charge in [0.2, 0.25) is 11.8 Å². The topological polar surface area (TPSA) is 53.5 Å². The lowest BCUT2D eigenvalue weighted by molar-refractivity contribution is -0.134. The van der Waals surface area contributed by atoms with E-state index in [9.17, 15) is 9.59 Å². The molecule has 0 N–H and O–H groups in total. The van der Waals surface area contributed by atoms with E-state index in [-0.39, 0.29) is 17.2 Å². The van der Waals surface area contributed by atoms with Crippen LogP contribution in [0.4, 0.5) is 0 Å². The van der Waals surface area contributed by atoms with Crippen molar-refractivity contribution in [3.63, 3.8) is 0 Å². The van der Waals surface area contributed by atoms with Crippen LogP contribution in [0.1, 0.15) is 37.3 Å². The van der Waals surface area contributed by atoms with Gasteiger partial charge in [0, 0.05) is 45.0 Å². The molecule has 0 radical (unpaired) electrons. The summed E-state index contributed by atoms with van der Waals surface area (Å²) in [6.45, 7) is 3.97. The third-order valence-electron chi connectivity index (χ3n) is 6.08. The van der Waals surface area contributed by atoms with Crippen LogP contribution in [0.3, 0.4) is 0 Å². The van der Waals surface area contributed by atoms with Gasteiger partial charge in [-0.3, -0.25) is 14.6 Å². The first-order chi connectivity index (χ1) is 13.1. The van der Waals surface area contributed by atoms with Gasteiger partial charge in [0.1, 0.15) is 0 Å². The molecular weight excluding hydrogens is 358 g/mol. The van der Waals surface area contributed by atoms with Crippen LogP contribution in [-0.2, 0) is 22.6 Å². The molecule has 0 unspecified atom stereocenters. The minimum Gasteiger partial charge on any atom is -0.342 e. The van der Waals surface area contributed by atoms with Crippen molar-refractivity contribution >= 4 is 23.2 Å². The molecule has 3 heterocycles. The van der Waals surface area contributed by atoms with E-state index in [1.165, 1.54) is 5.56 Å². The van der Waals surface area contributed by atoms with Crippen molar-refractivity contribution in [2.24, 2.45) is 5.41 Å². The van der Waals surface area contributed by atoms with E-state index >= 15 is 0 Å². The Balaban J connectivity index is 1.33. The minimum absolute atomic E-state index is 0.152. The molecular formula is C21H25N3O2S. The number of piperidine rings is 1. The Morgan fingerprint density at radius 3 is 2.59 bits per heavy atom. The number of aromatic nitrogens is 1. The molecule has 2 aliphatic rings. The lowest BCUT2D eigenvalue weighted by Gasteiger charge is -2.35. The van der Waals surface area contributed by atoms with Crippen molar-refractivity contribution in [2.75, 3.05) is 13.1 Å². The molecule has 1 spiro atoms. The van der Waals surface area contributed by atoms with E-state index in [4.69, 9.17) is 0 Å². The van der Waals surface area contributed by atoms with E-state index in [2.05, 4.69) is 21.8 Å². The van der Waals surface area contributed by atoms with Gasteiger partial charge >= 0.3 is 0 Å². The third-order valence-corrected chi connectivity index (χ3v) is 6.81. The molecule has 1 saturated heterocycles. The molecule has 5 nitrogen and oxygen atoms in total. The fourth-order valence-electron chi connectivity index (χ4n) is 4.31. The Kier molecular flexibility index (Phi) is 5.00. The SMILES string of the molecule is CC(=O)N(Cc1ccsc1)[C@@H]1CC12CCN(C(=O)Cc1ccncc1)CC2. The molecule has 27 heavy (non-hydrogen) atoms. The molecule has 2 aromatic heterocycles. The molecule has 1 saturated carbocycles. The smallest absolute Gasteiger partial charge is 0.226 e. The number of carbonyl (C=O) groups excluding carboxylic acids is 2. The van der Waals surface area contributed by atoms with Crippen molar-refractivity contribution in [3.05, 3.63) is 52.5 Å². The second kappa shape index (κ2) is 7.43. The molecule has 2 aromatic rings. The number of pyridine rings is 1. The van der Waals surface area contributed by atoms with Crippen molar-refractivity contribution < 1.29 is 9.59 Å². The molecule has 1 aliphatic carbocycles. The summed E-state index contributed by atoms with van der Waals surface area (Å²) in [7, 11) is 0. The zero-order valence-corrected chi connectivity index (χ0v) is 16.5. The Morgan fingerprint density at radius 1 is 1.22 bits per heavy atom. The molecule has 142 valence electrons. The van der Waals surface area contributed by atoms with Crippen molar-refractivity contribution in [2.45, 2.75) is 45.2 Å². The van der Waals surface area contributed by atoms with Gasteiger partial charge in [-0.1, -0.05) is 0 Å². The number of rotatable bonds is 5. The monoisotopic (exact) mass is 383 g/mol. The van der Waals surface area contributed by atoms with Crippen molar-refractivity contribution in [1.82, 2.24) is 14.8 Å². The molecule has 6 heteroatoms.